The molecule has 1 aliphatic heterocycles. The molecule has 2 aromatic rings. The van der Waals surface area contributed by atoms with Crippen LogP contribution in [0.1, 0.15) is 28.8 Å². The Morgan fingerprint density at radius 3 is 2.70 bits per heavy atom. The van der Waals surface area contributed by atoms with E-state index in [-0.39, 0.29) is 18.1 Å². The van der Waals surface area contributed by atoms with Crippen molar-refractivity contribution in [3.63, 3.8) is 0 Å². The van der Waals surface area contributed by atoms with Crippen molar-refractivity contribution in [2.24, 2.45) is 5.92 Å². The molecule has 0 aliphatic carbocycles. The zero-order valence-corrected chi connectivity index (χ0v) is 15.4. The number of hydrogen-bond acceptors (Lipinski definition) is 4. The molecule has 0 unspecified atom stereocenters. The third-order valence-corrected chi connectivity index (χ3v) is 4.99. The van der Waals surface area contributed by atoms with Crippen LogP contribution in [0.2, 0.25) is 0 Å². The quantitative estimate of drug-likeness (QED) is 0.848. The fourth-order valence-corrected chi connectivity index (χ4v) is 3.51. The van der Waals surface area contributed by atoms with Crippen LogP contribution in [0, 0.1) is 5.92 Å². The molecule has 2 heterocycles. The number of ether oxygens (including phenoxy) is 1. The van der Waals surface area contributed by atoms with Gasteiger partial charge in [-0.1, -0.05) is 12.1 Å². The molecular formula is C21H24N2O4. The highest BCUT2D eigenvalue weighted by molar-refractivity contribution is 5.89. The largest absolute Gasteiger partial charge is 0.478 e. The summed E-state index contributed by atoms with van der Waals surface area (Å²) in [4.78, 5) is 29.3. The number of carboxylic acid groups (broad SMARTS) is 1. The lowest BCUT2D eigenvalue weighted by Gasteiger charge is -2.32. The summed E-state index contributed by atoms with van der Waals surface area (Å²) in [5.74, 6) is -0.361. The molecule has 1 N–H and O–H groups in total. The highest BCUT2D eigenvalue weighted by Gasteiger charge is 2.22. The Hall–Kier alpha value is -2.73. The van der Waals surface area contributed by atoms with Crippen LogP contribution in [-0.2, 0) is 16.0 Å². The Labute approximate surface area is 158 Å². The maximum atomic E-state index is 11.9. The number of methoxy groups -OCH3 is 1. The minimum atomic E-state index is -0.942. The van der Waals surface area contributed by atoms with Gasteiger partial charge in [0.25, 0.3) is 0 Å². The fraction of sp³-hybridized carbons (Fsp3) is 0.381. The van der Waals surface area contributed by atoms with Crippen LogP contribution in [0.25, 0.3) is 11.3 Å². The summed E-state index contributed by atoms with van der Waals surface area (Å²) in [6, 6.07) is 10.9. The van der Waals surface area contributed by atoms with Crippen molar-refractivity contribution in [3.05, 3.63) is 53.7 Å². The molecule has 0 bridgehead atoms. The molecule has 1 aliphatic rings. The fourth-order valence-electron chi connectivity index (χ4n) is 3.51. The minimum absolute atomic E-state index is 0.0560. The van der Waals surface area contributed by atoms with E-state index in [0.29, 0.717) is 5.92 Å². The van der Waals surface area contributed by atoms with Gasteiger partial charge in [0, 0.05) is 32.0 Å². The normalized spacial score (nSPS) is 14.9. The van der Waals surface area contributed by atoms with Crippen LogP contribution >= 0.6 is 0 Å². The molecule has 1 aromatic heterocycles. The summed E-state index contributed by atoms with van der Waals surface area (Å²) >= 11 is 0. The molecule has 6 nitrogen and oxygen atoms in total. The summed E-state index contributed by atoms with van der Waals surface area (Å²) in [6.07, 6.45) is 4.65. The van der Waals surface area contributed by atoms with Gasteiger partial charge in [-0.2, -0.15) is 0 Å². The first-order valence-electron chi connectivity index (χ1n) is 9.12. The molecule has 1 fully saturated rings. The predicted octanol–water partition coefficient (Wildman–Crippen LogP) is 2.87. The molecule has 6 heteroatoms. The van der Waals surface area contributed by atoms with Crippen LogP contribution in [0.3, 0.4) is 0 Å². The second-order valence-electron chi connectivity index (χ2n) is 6.90. The van der Waals surface area contributed by atoms with Gasteiger partial charge >= 0.3 is 5.97 Å². The van der Waals surface area contributed by atoms with E-state index in [1.54, 1.807) is 24.4 Å². The zero-order chi connectivity index (χ0) is 19.2. The van der Waals surface area contributed by atoms with Crippen LogP contribution in [0.5, 0.6) is 0 Å². The molecule has 0 spiro atoms. The van der Waals surface area contributed by atoms with Crippen molar-refractivity contribution in [1.29, 1.82) is 0 Å². The van der Waals surface area contributed by atoms with Crippen molar-refractivity contribution in [3.8, 4) is 11.3 Å². The zero-order valence-electron chi connectivity index (χ0n) is 15.4. The lowest BCUT2D eigenvalue weighted by molar-refractivity contribution is -0.136. The number of amides is 1. The van der Waals surface area contributed by atoms with E-state index >= 15 is 0 Å². The summed E-state index contributed by atoms with van der Waals surface area (Å²) < 4.78 is 4.92. The van der Waals surface area contributed by atoms with Gasteiger partial charge in [-0.25, -0.2) is 4.79 Å². The van der Waals surface area contributed by atoms with Crippen LogP contribution in [-0.4, -0.2) is 53.7 Å². The number of aromatic nitrogens is 1. The Kier molecular flexibility index (Phi) is 6.19. The van der Waals surface area contributed by atoms with Gasteiger partial charge in [0.2, 0.25) is 5.91 Å². The van der Waals surface area contributed by atoms with Crippen LogP contribution in [0.4, 0.5) is 0 Å². The summed E-state index contributed by atoms with van der Waals surface area (Å²) in [5.41, 5.74) is 3.02. The van der Waals surface area contributed by atoms with Gasteiger partial charge in [-0.15, -0.1) is 0 Å². The van der Waals surface area contributed by atoms with E-state index in [9.17, 15) is 9.59 Å². The van der Waals surface area contributed by atoms with E-state index in [0.717, 1.165) is 43.6 Å². The number of hydrogen-bond donors (Lipinski definition) is 1. The van der Waals surface area contributed by atoms with Crippen LogP contribution < -0.4 is 0 Å². The van der Waals surface area contributed by atoms with Crippen LogP contribution in [0.15, 0.2) is 42.6 Å². The van der Waals surface area contributed by atoms with E-state index in [4.69, 9.17) is 9.84 Å². The number of carbonyl (C=O) groups is 2. The monoisotopic (exact) mass is 368 g/mol. The summed E-state index contributed by atoms with van der Waals surface area (Å²) in [7, 11) is 1.54. The molecule has 27 heavy (non-hydrogen) atoms. The molecule has 142 valence electrons. The van der Waals surface area contributed by atoms with Crippen molar-refractivity contribution in [2.45, 2.75) is 19.3 Å². The third kappa shape index (κ3) is 4.92. The predicted molar refractivity (Wildman–Crippen MR) is 102 cm³/mol. The topological polar surface area (TPSA) is 79.7 Å². The number of likely N-dealkylation sites (tertiary alicyclic amines) is 1. The Bertz CT molecular complexity index is 813. The molecule has 0 radical (unpaired) electrons. The average molecular weight is 368 g/mol. The second kappa shape index (κ2) is 8.77. The Balaban J connectivity index is 1.64. The van der Waals surface area contributed by atoms with E-state index in [2.05, 4.69) is 4.98 Å². The number of piperidine rings is 1. The van der Waals surface area contributed by atoms with Gasteiger partial charge in [0.15, 0.2) is 0 Å². The molecule has 1 amide bonds. The maximum absolute atomic E-state index is 11.9. The number of rotatable bonds is 6. The van der Waals surface area contributed by atoms with Gasteiger partial charge < -0.3 is 14.7 Å². The molecule has 0 atom stereocenters. The highest BCUT2D eigenvalue weighted by Crippen LogP contribution is 2.24. The first-order valence-corrected chi connectivity index (χ1v) is 9.12. The first-order chi connectivity index (χ1) is 13.1. The Morgan fingerprint density at radius 1 is 1.22 bits per heavy atom. The first kappa shape index (κ1) is 19.0. The highest BCUT2D eigenvalue weighted by atomic mass is 16.5. The molecular weight excluding hydrogens is 344 g/mol. The molecule has 3 rings (SSSR count). The number of pyridine rings is 1. The smallest absolute Gasteiger partial charge is 0.335 e. The van der Waals surface area contributed by atoms with Crippen molar-refractivity contribution in [1.82, 2.24) is 9.88 Å². The number of aromatic carboxylic acids is 1. The third-order valence-electron chi connectivity index (χ3n) is 4.99. The summed E-state index contributed by atoms with van der Waals surface area (Å²) in [5, 5.41) is 9.17. The molecule has 0 saturated carbocycles. The number of carboxylic acids is 1. The van der Waals surface area contributed by atoms with Gasteiger partial charge in [-0.3, -0.25) is 9.78 Å². The van der Waals surface area contributed by atoms with Crippen molar-refractivity contribution >= 4 is 11.9 Å². The SMILES string of the molecule is COCC(=O)N1CCC(Cc2ccnc(-c3cccc(C(=O)O)c3)c2)CC1. The maximum Gasteiger partial charge on any atom is 0.335 e. The van der Waals surface area contributed by atoms with E-state index < -0.39 is 5.97 Å². The Morgan fingerprint density at radius 2 is 2.00 bits per heavy atom. The molecule has 1 aromatic carbocycles. The van der Waals surface area contributed by atoms with Crippen molar-refractivity contribution in [2.75, 3.05) is 26.8 Å². The average Bonchev–Trinajstić information content (AvgIpc) is 2.69. The minimum Gasteiger partial charge on any atom is -0.478 e. The molecule has 1 saturated heterocycles. The standard InChI is InChI=1S/C21H24N2O4/c1-27-14-20(24)23-9-6-15(7-10-23)11-16-5-8-22-19(12-16)17-3-2-4-18(13-17)21(25)26/h2-5,8,12-13,15H,6-7,9-11,14H2,1H3,(H,25,26). The van der Waals surface area contributed by atoms with Gasteiger partial charge in [0.1, 0.15) is 6.61 Å². The second-order valence-corrected chi connectivity index (χ2v) is 6.90. The number of carbonyl (C=O) groups excluding carboxylic acids is 1. The van der Waals surface area contributed by atoms with Gasteiger partial charge in [-0.05, 0) is 55.0 Å². The number of benzene rings is 1. The summed E-state index contributed by atoms with van der Waals surface area (Å²) in [6.45, 7) is 1.69. The lowest BCUT2D eigenvalue weighted by Crippen LogP contribution is -2.40. The van der Waals surface area contributed by atoms with Crippen molar-refractivity contribution < 1.29 is 19.4 Å². The van der Waals surface area contributed by atoms with Gasteiger partial charge in [0.05, 0.1) is 11.3 Å². The number of nitrogens with zero attached hydrogens (tertiary/aromatic N) is 2. The van der Waals surface area contributed by atoms with E-state index in [1.807, 2.05) is 23.1 Å². The van der Waals surface area contributed by atoms with E-state index in [1.165, 1.54) is 12.7 Å². The lowest BCUT2D eigenvalue weighted by atomic mass is 9.90.